The van der Waals surface area contributed by atoms with Gasteiger partial charge in [-0.1, -0.05) is 13.3 Å². The summed E-state index contributed by atoms with van der Waals surface area (Å²) in [6.45, 7) is 3.25. The molecular formula is C9H18N2O3. The van der Waals surface area contributed by atoms with Crippen molar-refractivity contribution in [1.29, 1.82) is 0 Å². The van der Waals surface area contributed by atoms with Gasteiger partial charge in [-0.25, -0.2) is 0 Å². The molecule has 0 amide bonds. The summed E-state index contributed by atoms with van der Waals surface area (Å²) in [6.07, 6.45) is 2.93. The number of rotatable bonds is 8. The largest absolute Gasteiger partial charge is 0.469 e. The van der Waals surface area contributed by atoms with Gasteiger partial charge in [0.2, 0.25) is 0 Å². The standard InChI is InChI=1S/C9H18N2O3/c1-3-4-7-11(10-13)8-5-6-9(12)14-2/h3-8H2,1-2H3. The van der Waals surface area contributed by atoms with Crippen molar-refractivity contribution in [3.63, 3.8) is 0 Å². The minimum Gasteiger partial charge on any atom is -0.469 e. The first-order valence-corrected chi connectivity index (χ1v) is 4.89. The maximum Gasteiger partial charge on any atom is 0.305 e. The van der Waals surface area contributed by atoms with Gasteiger partial charge in [-0.2, -0.15) is 0 Å². The number of methoxy groups -OCH3 is 1. The van der Waals surface area contributed by atoms with E-state index in [0.29, 0.717) is 25.9 Å². The predicted octanol–water partition coefficient (Wildman–Crippen LogP) is 1.72. The summed E-state index contributed by atoms with van der Waals surface area (Å²) in [6, 6.07) is 0. The minimum atomic E-state index is -0.244. The number of carbonyl (C=O) groups is 1. The van der Waals surface area contributed by atoms with Crippen LogP contribution in [0.15, 0.2) is 5.29 Å². The quantitative estimate of drug-likeness (QED) is 0.341. The second-order valence-corrected chi connectivity index (χ2v) is 3.07. The van der Waals surface area contributed by atoms with Crippen LogP contribution in [0.4, 0.5) is 0 Å². The number of ether oxygens (including phenoxy) is 1. The van der Waals surface area contributed by atoms with E-state index in [1.165, 1.54) is 12.1 Å². The molecule has 0 rings (SSSR count). The Kier molecular flexibility index (Phi) is 7.78. The zero-order chi connectivity index (χ0) is 10.8. The summed E-state index contributed by atoms with van der Waals surface area (Å²) in [5, 5.41) is 4.33. The molecule has 0 aromatic carbocycles. The smallest absolute Gasteiger partial charge is 0.305 e. The fraction of sp³-hybridized carbons (Fsp3) is 0.889. The summed E-state index contributed by atoms with van der Waals surface area (Å²) < 4.78 is 4.48. The topological polar surface area (TPSA) is 59.0 Å². The molecule has 0 aromatic rings. The maximum atomic E-state index is 10.7. The van der Waals surface area contributed by atoms with Crippen LogP contribution in [-0.2, 0) is 9.53 Å². The second-order valence-electron chi connectivity index (χ2n) is 3.07. The summed E-state index contributed by atoms with van der Waals surface area (Å²) in [7, 11) is 1.36. The lowest BCUT2D eigenvalue weighted by atomic mass is 10.3. The third-order valence-corrected chi connectivity index (χ3v) is 1.91. The molecule has 5 nitrogen and oxygen atoms in total. The molecule has 0 aliphatic carbocycles. The fourth-order valence-corrected chi connectivity index (χ4v) is 1.04. The number of carbonyl (C=O) groups excluding carboxylic acids is 1. The Bertz CT molecular complexity index is 173. The van der Waals surface area contributed by atoms with E-state index in [-0.39, 0.29) is 5.97 Å². The van der Waals surface area contributed by atoms with E-state index in [1.54, 1.807) is 0 Å². The molecule has 0 fully saturated rings. The SMILES string of the molecule is CCCCN(CCCC(=O)OC)N=O. The summed E-state index contributed by atoms with van der Waals surface area (Å²) in [5.41, 5.74) is 0. The van der Waals surface area contributed by atoms with Crippen LogP contribution in [0.25, 0.3) is 0 Å². The monoisotopic (exact) mass is 202 g/mol. The molecule has 0 saturated carbocycles. The van der Waals surface area contributed by atoms with Crippen molar-refractivity contribution in [2.24, 2.45) is 5.29 Å². The molecule has 0 atom stereocenters. The molecule has 0 aromatic heterocycles. The Morgan fingerprint density at radius 2 is 2.00 bits per heavy atom. The third-order valence-electron chi connectivity index (χ3n) is 1.91. The Balaban J connectivity index is 3.51. The van der Waals surface area contributed by atoms with Gasteiger partial charge in [0.25, 0.3) is 0 Å². The molecule has 0 heterocycles. The molecule has 0 bridgehead atoms. The van der Waals surface area contributed by atoms with E-state index >= 15 is 0 Å². The Morgan fingerprint density at radius 3 is 2.50 bits per heavy atom. The average molecular weight is 202 g/mol. The molecule has 0 N–H and O–H groups in total. The van der Waals surface area contributed by atoms with Gasteiger partial charge in [0, 0.05) is 19.5 Å². The highest BCUT2D eigenvalue weighted by Crippen LogP contribution is 2.00. The number of esters is 1. The van der Waals surface area contributed by atoms with Crippen molar-refractivity contribution in [1.82, 2.24) is 5.01 Å². The normalized spacial score (nSPS) is 9.57. The molecule has 0 radical (unpaired) electrons. The van der Waals surface area contributed by atoms with Crippen LogP contribution in [0.1, 0.15) is 32.6 Å². The maximum absolute atomic E-state index is 10.7. The number of unbranched alkanes of at least 4 members (excludes halogenated alkanes) is 1. The highest BCUT2D eigenvalue weighted by Gasteiger charge is 2.04. The Hall–Kier alpha value is -1.13. The molecule has 82 valence electrons. The van der Waals surface area contributed by atoms with Crippen LogP contribution < -0.4 is 0 Å². The summed E-state index contributed by atoms with van der Waals surface area (Å²) in [5.74, 6) is -0.244. The third kappa shape index (κ3) is 6.39. The van der Waals surface area contributed by atoms with E-state index in [1.807, 2.05) is 0 Å². The van der Waals surface area contributed by atoms with Gasteiger partial charge >= 0.3 is 5.97 Å². The number of nitrogens with zero attached hydrogens (tertiary/aromatic N) is 2. The molecule has 0 saturated heterocycles. The molecule has 0 aliphatic heterocycles. The zero-order valence-corrected chi connectivity index (χ0v) is 8.86. The highest BCUT2D eigenvalue weighted by atomic mass is 16.5. The van der Waals surface area contributed by atoms with Crippen molar-refractivity contribution >= 4 is 5.97 Å². The van der Waals surface area contributed by atoms with E-state index in [0.717, 1.165) is 12.8 Å². The molecular weight excluding hydrogens is 184 g/mol. The molecule has 14 heavy (non-hydrogen) atoms. The van der Waals surface area contributed by atoms with Crippen LogP contribution >= 0.6 is 0 Å². The molecule has 5 heteroatoms. The van der Waals surface area contributed by atoms with Gasteiger partial charge in [-0.3, -0.25) is 9.80 Å². The first-order valence-electron chi connectivity index (χ1n) is 4.89. The fourth-order valence-electron chi connectivity index (χ4n) is 1.04. The second kappa shape index (κ2) is 8.47. The lowest BCUT2D eigenvalue weighted by Gasteiger charge is -2.13. The van der Waals surface area contributed by atoms with Crippen molar-refractivity contribution < 1.29 is 9.53 Å². The van der Waals surface area contributed by atoms with Crippen molar-refractivity contribution in [2.45, 2.75) is 32.6 Å². The van der Waals surface area contributed by atoms with Crippen molar-refractivity contribution in [3.05, 3.63) is 4.91 Å². The van der Waals surface area contributed by atoms with Crippen molar-refractivity contribution in [2.75, 3.05) is 20.2 Å². The lowest BCUT2D eigenvalue weighted by molar-refractivity contribution is -0.140. The van der Waals surface area contributed by atoms with Crippen LogP contribution in [-0.4, -0.2) is 31.2 Å². The van der Waals surface area contributed by atoms with Gasteiger partial charge in [0.05, 0.1) is 12.4 Å². The number of nitroso groups, excluding NO2 is 1. The van der Waals surface area contributed by atoms with Gasteiger partial charge in [-0.15, -0.1) is 4.91 Å². The Morgan fingerprint density at radius 1 is 1.36 bits per heavy atom. The summed E-state index contributed by atoms with van der Waals surface area (Å²) in [4.78, 5) is 21.1. The average Bonchev–Trinajstić information content (AvgIpc) is 2.22. The van der Waals surface area contributed by atoms with Crippen LogP contribution in [0.2, 0.25) is 0 Å². The Labute approximate surface area is 84.4 Å². The zero-order valence-electron chi connectivity index (χ0n) is 8.86. The van der Waals surface area contributed by atoms with E-state index in [2.05, 4.69) is 16.9 Å². The van der Waals surface area contributed by atoms with Gasteiger partial charge in [-0.05, 0) is 12.8 Å². The van der Waals surface area contributed by atoms with Gasteiger partial charge in [0.1, 0.15) is 0 Å². The van der Waals surface area contributed by atoms with Gasteiger partial charge < -0.3 is 4.74 Å². The predicted molar refractivity (Wildman–Crippen MR) is 53.5 cm³/mol. The van der Waals surface area contributed by atoms with Crippen LogP contribution in [0.3, 0.4) is 0 Å². The van der Waals surface area contributed by atoms with E-state index < -0.39 is 0 Å². The molecule has 0 spiro atoms. The number of hydrogen-bond acceptors (Lipinski definition) is 4. The minimum absolute atomic E-state index is 0.244. The van der Waals surface area contributed by atoms with E-state index in [4.69, 9.17) is 0 Å². The van der Waals surface area contributed by atoms with Crippen LogP contribution in [0, 0.1) is 4.91 Å². The lowest BCUT2D eigenvalue weighted by Crippen LogP contribution is -2.20. The van der Waals surface area contributed by atoms with Gasteiger partial charge in [0.15, 0.2) is 0 Å². The van der Waals surface area contributed by atoms with Crippen molar-refractivity contribution in [3.8, 4) is 0 Å². The highest BCUT2D eigenvalue weighted by molar-refractivity contribution is 5.69. The van der Waals surface area contributed by atoms with E-state index in [9.17, 15) is 9.70 Å². The molecule has 0 unspecified atom stereocenters. The first kappa shape index (κ1) is 12.9. The van der Waals surface area contributed by atoms with Crippen LogP contribution in [0.5, 0.6) is 0 Å². The number of hydrogen-bond donors (Lipinski definition) is 0. The summed E-state index contributed by atoms with van der Waals surface area (Å²) >= 11 is 0. The molecule has 0 aliphatic rings. The first-order chi connectivity index (χ1) is 6.74.